The largest absolute Gasteiger partial charge is 0.363 e. The van der Waals surface area contributed by atoms with Gasteiger partial charge in [0.15, 0.2) is 5.82 Å². The lowest BCUT2D eigenvalue weighted by molar-refractivity contribution is 0.561. The first-order valence-corrected chi connectivity index (χ1v) is 6.56. The highest BCUT2D eigenvalue weighted by Crippen LogP contribution is 2.33. The van der Waals surface area contributed by atoms with Gasteiger partial charge in [-0.15, -0.1) is 11.6 Å². The SMILES string of the molecule is CC(CCl)C(C)Nc1nccn(C2CC2)c1=O. The van der Waals surface area contributed by atoms with Gasteiger partial charge in [0, 0.05) is 30.4 Å². The third-order valence-electron chi connectivity index (χ3n) is 3.27. The molecule has 2 rings (SSSR count). The topological polar surface area (TPSA) is 46.9 Å². The molecule has 1 fully saturated rings. The predicted octanol–water partition coefficient (Wildman–Crippen LogP) is 2.25. The first kappa shape index (κ1) is 12.4. The van der Waals surface area contributed by atoms with E-state index < -0.39 is 0 Å². The van der Waals surface area contributed by atoms with Gasteiger partial charge >= 0.3 is 0 Å². The minimum atomic E-state index is -0.0244. The molecule has 2 unspecified atom stereocenters. The number of rotatable bonds is 5. The van der Waals surface area contributed by atoms with Crippen molar-refractivity contribution in [1.29, 1.82) is 0 Å². The average Bonchev–Trinajstić information content (AvgIpc) is 3.14. The average molecular weight is 256 g/mol. The molecule has 1 N–H and O–H groups in total. The summed E-state index contributed by atoms with van der Waals surface area (Å²) < 4.78 is 1.77. The molecule has 0 saturated heterocycles. The molecule has 94 valence electrons. The summed E-state index contributed by atoms with van der Waals surface area (Å²) in [5.74, 6) is 1.30. The fraction of sp³-hybridized carbons (Fsp3) is 0.667. The van der Waals surface area contributed by atoms with Gasteiger partial charge in [0.1, 0.15) is 0 Å². The Morgan fingerprint density at radius 3 is 2.88 bits per heavy atom. The summed E-state index contributed by atoms with van der Waals surface area (Å²) in [6.45, 7) is 4.07. The number of halogens is 1. The van der Waals surface area contributed by atoms with Gasteiger partial charge in [-0.2, -0.15) is 0 Å². The Morgan fingerprint density at radius 1 is 1.59 bits per heavy atom. The maximum Gasteiger partial charge on any atom is 0.293 e. The van der Waals surface area contributed by atoms with Crippen molar-refractivity contribution in [3.8, 4) is 0 Å². The summed E-state index contributed by atoms with van der Waals surface area (Å²) >= 11 is 5.80. The fourth-order valence-corrected chi connectivity index (χ4v) is 1.92. The molecule has 17 heavy (non-hydrogen) atoms. The molecule has 1 aliphatic rings. The molecule has 1 aromatic rings. The zero-order valence-electron chi connectivity index (χ0n) is 10.2. The minimum absolute atomic E-state index is 0.0244. The van der Waals surface area contributed by atoms with Gasteiger partial charge in [0.05, 0.1) is 0 Å². The number of hydrogen-bond acceptors (Lipinski definition) is 3. The number of nitrogens with zero attached hydrogens (tertiary/aromatic N) is 2. The highest BCUT2D eigenvalue weighted by molar-refractivity contribution is 6.18. The zero-order valence-corrected chi connectivity index (χ0v) is 10.9. The first-order valence-electron chi connectivity index (χ1n) is 6.03. The molecule has 1 heterocycles. The van der Waals surface area contributed by atoms with E-state index in [9.17, 15) is 4.79 Å². The normalized spacial score (nSPS) is 18.8. The molecule has 2 atom stereocenters. The molecule has 0 bridgehead atoms. The van der Waals surface area contributed by atoms with Crippen LogP contribution in [0.15, 0.2) is 17.2 Å². The van der Waals surface area contributed by atoms with Crippen LogP contribution in [0.1, 0.15) is 32.7 Å². The standard InChI is InChI=1S/C12H18ClN3O/c1-8(7-13)9(2)15-11-12(17)16(6-5-14-11)10-3-4-10/h5-6,8-10H,3-4,7H2,1-2H3,(H,14,15). The molecule has 4 nitrogen and oxygen atoms in total. The van der Waals surface area contributed by atoms with E-state index in [-0.39, 0.29) is 11.6 Å². The lowest BCUT2D eigenvalue weighted by Gasteiger charge is -2.19. The van der Waals surface area contributed by atoms with Gasteiger partial charge in [-0.25, -0.2) is 4.98 Å². The maximum absolute atomic E-state index is 12.1. The van der Waals surface area contributed by atoms with Crippen LogP contribution in [0, 0.1) is 5.92 Å². The van der Waals surface area contributed by atoms with Crippen LogP contribution in [0.25, 0.3) is 0 Å². The number of nitrogens with one attached hydrogen (secondary N) is 1. The van der Waals surface area contributed by atoms with Gasteiger partial charge in [-0.3, -0.25) is 4.79 Å². The van der Waals surface area contributed by atoms with E-state index in [0.717, 1.165) is 12.8 Å². The van der Waals surface area contributed by atoms with Crippen LogP contribution in [0.2, 0.25) is 0 Å². The van der Waals surface area contributed by atoms with E-state index in [1.165, 1.54) is 0 Å². The second-order valence-electron chi connectivity index (χ2n) is 4.78. The van der Waals surface area contributed by atoms with Gasteiger partial charge in [0.25, 0.3) is 5.56 Å². The predicted molar refractivity (Wildman–Crippen MR) is 69.7 cm³/mol. The molecule has 1 aliphatic carbocycles. The van der Waals surface area contributed by atoms with Crippen molar-refractivity contribution in [1.82, 2.24) is 9.55 Å². The summed E-state index contributed by atoms with van der Waals surface area (Å²) in [5.41, 5.74) is -0.0244. The molecule has 0 aliphatic heterocycles. The van der Waals surface area contributed by atoms with Crippen LogP contribution in [0.5, 0.6) is 0 Å². The van der Waals surface area contributed by atoms with Crippen LogP contribution in [-0.2, 0) is 0 Å². The van der Waals surface area contributed by atoms with Crippen LogP contribution in [-0.4, -0.2) is 21.5 Å². The van der Waals surface area contributed by atoms with Crippen molar-refractivity contribution in [2.75, 3.05) is 11.2 Å². The molecular weight excluding hydrogens is 238 g/mol. The van der Waals surface area contributed by atoms with Crippen molar-refractivity contribution in [3.05, 3.63) is 22.7 Å². The third-order valence-corrected chi connectivity index (χ3v) is 3.76. The fourth-order valence-electron chi connectivity index (χ4n) is 1.66. The highest BCUT2D eigenvalue weighted by atomic mass is 35.5. The number of aromatic nitrogens is 2. The summed E-state index contributed by atoms with van der Waals surface area (Å²) in [6, 6.07) is 0.523. The second kappa shape index (κ2) is 5.08. The number of anilines is 1. The molecule has 0 radical (unpaired) electrons. The quantitative estimate of drug-likeness (QED) is 0.821. The Morgan fingerprint density at radius 2 is 2.29 bits per heavy atom. The molecule has 1 aromatic heterocycles. The van der Waals surface area contributed by atoms with Gasteiger partial charge < -0.3 is 9.88 Å². The zero-order chi connectivity index (χ0) is 12.4. The molecule has 0 spiro atoms. The van der Waals surface area contributed by atoms with E-state index in [1.807, 2.05) is 13.8 Å². The lowest BCUT2D eigenvalue weighted by Crippen LogP contribution is -2.31. The highest BCUT2D eigenvalue weighted by Gasteiger charge is 2.25. The van der Waals surface area contributed by atoms with Crippen molar-refractivity contribution in [2.45, 2.75) is 38.8 Å². The van der Waals surface area contributed by atoms with Crippen LogP contribution in [0.3, 0.4) is 0 Å². The van der Waals surface area contributed by atoms with Crippen molar-refractivity contribution >= 4 is 17.4 Å². The van der Waals surface area contributed by atoms with Crippen LogP contribution in [0.4, 0.5) is 5.82 Å². The molecule has 1 saturated carbocycles. The summed E-state index contributed by atoms with van der Waals surface area (Å²) in [7, 11) is 0. The van der Waals surface area contributed by atoms with Gasteiger partial charge in [0.2, 0.25) is 0 Å². The minimum Gasteiger partial charge on any atom is -0.363 e. The number of hydrogen-bond donors (Lipinski definition) is 1. The molecule has 5 heteroatoms. The second-order valence-corrected chi connectivity index (χ2v) is 5.09. The van der Waals surface area contributed by atoms with E-state index in [0.29, 0.717) is 23.7 Å². The van der Waals surface area contributed by atoms with E-state index in [1.54, 1.807) is 17.0 Å². The Labute approximate surface area is 106 Å². The van der Waals surface area contributed by atoms with Gasteiger partial charge in [-0.1, -0.05) is 6.92 Å². The Balaban J connectivity index is 2.16. The van der Waals surface area contributed by atoms with Crippen molar-refractivity contribution < 1.29 is 0 Å². The monoisotopic (exact) mass is 255 g/mol. The van der Waals surface area contributed by atoms with E-state index in [4.69, 9.17) is 11.6 Å². The molecular formula is C12H18ClN3O. The Bertz CT molecular complexity index is 442. The Kier molecular flexibility index (Phi) is 3.72. The first-order chi connectivity index (χ1) is 8.13. The smallest absolute Gasteiger partial charge is 0.293 e. The molecule has 0 amide bonds. The Hall–Kier alpha value is -1.03. The third kappa shape index (κ3) is 2.80. The van der Waals surface area contributed by atoms with Crippen LogP contribution >= 0.6 is 11.6 Å². The maximum atomic E-state index is 12.1. The lowest BCUT2D eigenvalue weighted by atomic mass is 10.1. The summed E-state index contributed by atoms with van der Waals surface area (Å²) in [4.78, 5) is 16.2. The van der Waals surface area contributed by atoms with E-state index in [2.05, 4.69) is 10.3 Å². The van der Waals surface area contributed by atoms with Crippen molar-refractivity contribution in [3.63, 3.8) is 0 Å². The van der Waals surface area contributed by atoms with Gasteiger partial charge in [-0.05, 0) is 25.7 Å². The van der Waals surface area contributed by atoms with E-state index >= 15 is 0 Å². The van der Waals surface area contributed by atoms with Crippen molar-refractivity contribution in [2.24, 2.45) is 5.92 Å². The number of alkyl halides is 1. The van der Waals surface area contributed by atoms with Crippen LogP contribution < -0.4 is 10.9 Å². The summed E-state index contributed by atoms with van der Waals surface area (Å²) in [6.07, 6.45) is 5.63. The molecule has 0 aromatic carbocycles. The summed E-state index contributed by atoms with van der Waals surface area (Å²) in [5, 5.41) is 3.16.